The van der Waals surface area contributed by atoms with Gasteiger partial charge in [0, 0.05) is 0 Å². The van der Waals surface area contributed by atoms with Gasteiger partial charge in [-0.25, -0.2) is 0 Å². The largest absolute Gasteiger partial charge is 0.492 e. The molecule has 0 spiro atoms. The third-order valence-corrected chi connectivity index (χ3v) is 3.92. The van der Waals surface area contributed by atoms with Crippen LogP contribution in [0.4, 0.5) is 0 Å². The molecular weight excluding hydrogens is 270 g/mol. The van der Waals surface area contributed by atoms with E-state index in [0.717, 1.165) is 31.9 Å². The summed E-state index contributed by atoms with van der Waals surface area (Å²) >= 11 is 6.10. The second-order valence-electron chi connectivity index (χ2n) is 5.22. The molecule has 0 aliphatic rings. The topological polar surface area (TPSA) is 12.5 Å². The van der Waals surface area contributed by atoms with Gasteiger partial charge in [-0.05, 0) is 57.1 Å². The highest BCUT2D eigenvalue weighted by Gasteiger charge is 2.02. The molecule has 1 aromatic carbocycles. The van der Waals surface area contributed by atoms with Gasteiger partial charge in [0.1, 0.15) is 5.75 Å². The van der Waals surface area contributed by atoms with Crippen LogP contribution in [0.15, 0.2) is 18.2 Å². The monoisotopic (exact) mass is 297 g/mol. The van der Waals surface area contributed by atoms with Gasteiger partial charge in [0.25, 0.3) is 0 Å². The molecule has 0 radical (unpaired) electrons. The lowest BCUT2D eigenvalue weighted by molar-refractivity contribution is 0.284. The Morgan fingerprint density at radius 3 is 2.45 bits per heavy atom. The van der Waals surface area contributed by atoms with E-state index in [2.05, 4.69) is 25.7 Å². The fraction of sp³-hybridized carbons (Fsp3) is 0.647. The Hall–Kier alpha value is -0.730. The zero-order chi connectivity index (χ0) is 14.8. The summed E-state index contributed by atoms with van der Waals surface area (Å²) in [5.74, 6) is 0.815. The number of rotatable bonds is 10. The van der Waals surface area contributed by atoms with Crippen LogP contribution in [0.2, 0.25) is 5.02 Å². The van der Waals surface area contributed by atoms with Gasteiger partial charge < -0.3 is 9.64 Å². The number of nitrogens with zero attached hydrogens (tertiary/aromatic N) is 1. The Balaban J connectivity index is 2.09. The molecule has 0 amide bonds. The van der Waals surface area contributed by atoms with Gasteiger partial charge in [-0.15, -0.1) is 0 Å². The SMILES string of the molecule is CCN(CC)CCCCCCOc1cc(C)ccc1Cl. The van der Waals surface area contributed by atoms with Crippen molar-refractivity contribution in [1.29, 1.82) is 0 Å². The highest BCUT2D eigenvalue weighted by Crippen LogP contribution is 2.25. The summed E-state index contributed by atoms with van der Waals surface area (Å²) in [4.78, 5) is 2.48. The Morgan fingerprint density at radius 2 is 1.75 bits per heavy atom. The van der Waals surface area contributed by atoms with Crippen LogP contribution in [-0.4, -0.2) is 31.1 Å². The maximum atomic E-state index is 6.10. The lowest BCUT2D eigenvalue weighted by atomic mass is 10.2. The van der Waals surface area contributed by atoms with Gasteiger partial charge >= 0.3 is 0 Å². The summed E-state index contributed by atoms with van der Waals surface area (Å²) < 4.78 is 5.75. The van der Waals surface area contributed by atoms with Crippen molar-refractivity contribution in [2.75, 3.05) is 26.2 Å². The number of benzene rings is 1. The van der Waals surface area contributed by atoms with Crippen molar-refractivity contribution in [3.05, 3.63) is 28.8 Å². The Bertz CT molecular complexity index is 377. The first-order valence-corrected chi connectivity index (χ1v) is 8.16. The molecule has 0 saturated heterocycles. The molecule has 2 nitrogen and oxygen atoms in total. The van der Waals surface area contributed by atoms with E-state index in [1.54, 1.807) is 0 Å². The van der Waals surface area contributed by atoms with E-state index >= 15 is 0 Å². The number of unbranched alkanes of at least 4 members (excludes halogenated alkanes) is 3. The number of ether oxygens (including phenoxy) is 1. The smallest absolute Gasteiger partial charge is 0.138 e. The minimum Gasteiger partial charge on any atom is -0.492 e. The molecule has 0 N–H and O–H groups in total. The number of aryl methyl sites for hydroxylation is 1. The van der Waals surface area contributed by atoms with Crippen molar-refractivity contribution in [2.45, 2.75) is 46.5 Å². The molecular formula is C17H28ClNO. The van der Waals surface area contributed by atoms with Crippen molar-refractivity contribution in [3.8, 4) is 5.75 Å². The molecule has 0 aliphatic carbocycles. The van der Waals surface area contributed by atoms with Gasteiger partial charge in [0.2, 0.25) is 0 Å². The standard InChI is InChI=1S/C17H28ClNO/c1-4-19(5-2)12-8-6-7-9-13-20-17-14-15(3)10-11-16(17)18/h10-11,14H,4-9,12-13H2,1-3H3. The van der Waals surface area contributed by atoms with E-state index < -0.39 is 0 Å². The third-order valence-electron chi connectivity index (χ3n) is 3.61. The van der Waals surface area contributed by atoms with E-state index in [1.165, 1.54) is 31.4 Å². The normalized spacial score (nSPS) is 11.1. The molecule has 20 heavy (non-hydrogen) atoms. The lowest BCUT2D eigenvalue weighted by Crippen LogP contribution is -2.23. The molecule has 0 unspecified atom stereocenters. The first-order chi connectivity index (χ1) is 9.67. The molecule has 114 valence electrons. The van der Waals surface area contributed by atoms with Gasteiger partial charge in [0.05, 0.1) is 11.6 Å². The molecule has 0 atom stereocenters. The van der Waals surface area contributed by atoms with Gasteiger partial charge in [-0.3, -0.25) is 0 Å². The van der Waals surface area contributed by atoms with Crippen LogP contribution in [0.3, 0.4) is 0 Å². The minimum absolute atomic E-state index is 0.706. The molecule has 0 saturated carbocycles. The van der Waals surface area contributed by atoms with Gasteiger partial charge in [0.15, 0.2) is 0 Å². The van der Waals surface area contributed by atoms with Crippen molar-refractivity contribution in [1.82, 2.24) is 4.90 Å². The molecule has 0 bridgehead atoms. The fourth-order valence-electron chi connectivity index (χ4n) is 2.23. The minimum atomic E-state index is 0.706. The second-order valence-corrected chi connectivity index (χ2v) is 5.63. The summed E-state index contributed by atoms with van der Waals surface area (Å²) in [6, 6.07) is 5.90. The predicted octanol–water partition coefficient (Wildman–Crippen LogP) is 4.93. The Labute approximate surface area is 129 Å². The average Bonchev–Trinajstić information content (AvgIpc) is 2.45. The quantitative estimate of drug-likeness (QED) is 0.568. The highest BCUT2D eigenvalue weighted by molar-refractivity contribution is 6.32. The third kappa shape index (κ3) is 6.62. The summed E-state index contributed by atoms with van der Waals surface area (Å²) in [5.41, 5.74) is 1.18. The molecule has 3 heteroatoms. The lowest BCUT2D eigenvalue weighted by Gasteiger charge is -2.17. The second kappa shape index (κ2) is 10.1. The zero-order valence-corrected chi connectivity index (χ0v) is 13.9. The van der Waals surface area contributed by atoms with Crippen molar-refractivity contribution in [3.63, 3.8) is 0 Å². The predicted molar refractivity (Wildman–Crippen MR) is 87.9 cm³/mol. The van der Waals surface area contributed by atoms with E-state index in [0.29, 0.717) is 5.02 Å². The summed E-state index contributed by atoms with van der Waals surface area (Å²) in [7, 11) is 0. The molecule has 0 heterocycles. The number of hydrogen-bond acceptors (Lipinski definition) is 2. The first-order valence-electron chi connectivity index (χ1n) is 7.78. The molecule has 0 aliphatic heterocycles. The summed E-state index contributed by atoms with van der Waals surface area (Å²) in [6.07, 6.45) is 4.89. The molecule has 0 aromatic heterocycles. The maximum Gasteiger partial charge on any atom is 0.138 e. The fourth-order valence-corrected chi connectivity index (χ4v) is 2.41. The summed E-state index contributed by atoms with van der Waals surface area (Å²) in [6.45, 7) is 10.8. The average molecular weight is 298 g/mol. The number of halogens is 1. The first kappa shape index (κ1) is 17.3. The van der Waals surface area contributed by atoms with Crippen LogP contribution in [0.25, 0.3) is 0 Å². The van der Waals surface area contributed by atoms with Crippen LogP contribution in [0, 0.1) is 6.92 Å². The highest BCUT2D eigenvalue weighted by atomic mass is 35.5. The zero-order valence-electron chi connectivity index (χ0n) is 13.1. The number of hydrogen-bond donors (Lipinski definition) is 0. The van der Waals surface area contributed by atoms with E-state index in [-0.39, 0.29) is 0 Å². The van der Waals surface area contributed by atoms with Gasteiger partial charge in [-0.1, -0.05) is 44.4 Å². The van der Waals surface area contributed by atoms with E-state index in [1.807, 2.05) is 18.2 Å². The van der Waals surface area contributed by atoms with Crippen LogP contribution < -0.4 is 4.74 Å². The van der Waals surface area contributed by atoms with Crippen LogP contribution in [0.5, 0.6) is 5.75 Å². The van der Waals surface area contributed by atoms with Crippen molar-refractivity contribution in [2.24, 2.45) is 0 Å². The Morgan fingerprint density at radius 1 is 1.05 bits per heavy atom. The molecule has 0 fully saturated rings. The van der Waals surface area contributed by atoms with Gasteiger partial charge in [-0.2, -0.15) is 0 Å². The maximum absolute atomic E-state index is 6.10. The van der Waals surface area contributed by atoms with E-state index in [9.17, 15) is 0 Å². The van der Waals surface area contributed by atoms with E-state index in [4.69, 9.17) is 16.3 Å². The molecule has 1 rings (SSSR count). The van der Waals surface area contributed by atoms with Crippen LogP contribution in [-0.2, 0) is 0 Å². The Kier molecular flexibility index (Phi) is 8.72. The summed E-state index contributed by atoms with van der Waals surface area (Å²) in [5, 5.41) is 0.706. The van der Waals surface area contributed by atoms with Crippen LogP contribution in [0.1, 0.15) is 45.1 Å². The van der Waals surface area contributed by atoms with Crippen molar-refractivity contribution >= 4 is 11.6 Å². The van der Waals surface area contributed by atoms with Crippen LogP contribution >= 0.6 is 11.6 Å². The molecule has 1 aromatic rings. The van der Waals surface area contributed by atoms with Crippen molar-refractivity contribution < 1.29 is 4.74 Å².